The van der Waals surface area contributed by atoms with Gasteiger partial charge in [0.25, 0.3) is 0 Å². The highest BCUT2D eigenvalue weighted by Crippen LogP contribution is 2.24. The molecule has 1 aromatic carbocycles. The van der Waals surface area contributed by atoms with Crippen molar-refractivity contribution in [3.63, 3.8) is 0 Å². The van der Waals surface area contributed by atoms with Crippen molar-refractivity contribution in [2.24, 2.45) is 5.73 Å². The molecule has 3 heteroatoms. The van der Waals surface area contributed by atoms with Gasteiger partial charge in [-0.1, -0.05) is 17.7 Å². The first-order valence-corrected chi connectivity index (χ1v) is 6.83. The van der Waals surface area contributed by atoms with Crippen molar-refractivity contribution < 1.29 is 0 Å². The molecule has 0 heterocycles. The number of benzene rings is 1. The van der Waals surface area contributed by atoms with E-state index in [0.717, 1.165) is 18.6 Å². The fourth-order valence-corrected chi connectivity index (χ4v) is 2.60. The van der Waals surface area contributed by atoms with Crippen molar-refractivity contribution >= 4 is 11.8 Å². The van der Waals surface area contributed by atoms with Gasteiger partial charge >= 0.3 is 0 Å². The Labute approximate surface area is 108 Å². The Morgan fingerprint density at radius 3 is 2.71 bits per heavy atom. The molecule has 2 nitrogen and oxygen atoms in total. The van der Waals surface area contributed by atoms with Crippen LogP contribution in [0.4, 0.5) is 0 Å². The lowest BCUT2D eigenvalue weighted by molar-refractivity contribution is 0.540. The fraction of sp³-hybridized carbons (Fsp3) is 0.500. The minimum atomic E-state index is -0.678. The highest BCUT2D eigenvalue weighted by atomic mass is 32.2. The molecule has 92 valence electrons. The summed E-state index contributed by atoms with van der Waals surface area (Å²) >= 11 is 1.84. The predicted octanol–water partition coefficient (Wildman–Crippen LogP) is 3.42. The van der Waals surface area contributed by atoms with Crippen LogP contribution in [0, 0.1) is 25.2 Å². The summed E-state index contributed by atoms with van der Waals surface area (Å²) in [6.07, 6.45) is 1.72. The van der Waals surface area contributed by atoms with E-state index >= 15 is 0 Å². The summed E-state index contributed by atoms with van der Waals surface area (Å²) in [7, 11) is 0. The Hall–Kier alpha value is -0.980. The lowest BCUT2D eigenvalue weighted by Gasteiger charge is -2.14. The van der Waals surface area contributed by atoms with E-state index in [-0.39, 0.29) is 0 Å². The molecule has 0 aliphatic heterocycles. The second-order valence-electron chi connectivity index (χ2n) is 4.75. The molecule has 2 N–H and O–H groups in total. The third-order valence-electron chi connectivity index (χ3n) is 2.68. The fourth-order valence-electron chi connectivity index (χ4n) is 1.64. The van der Waals surface area contributed by atoms with Crippen molar-refractivity contribution in [2.75, 3.05) is 5.75 Å². The second-order valence-corrected chi connectivity index (χ2v) is 5.89. The van der Waals surface area contributed by atoms with Crippen LogP contribution in [0.3, 0.4) is 0 Å². The van der Waals surface area contributed by atoms with E-state index in [1.54, 1.807) is 6.92 Å². The average molecular weight is 248 g/mol. The number of nitriles is 1. The molecule has 1 unspecified atom stereocenters. The van der Waals surface area contributed by atoms with Crippen molar-refractivity contribution in [1.29, 1.82) is 5.26 Å². The molecule has 0 fully saturated rings. The van der Waals surface area contributed by atoms with Crippen molar-refractivity contribution in [2.45, 2.75) is 44.0 Å². The van der Waals surface area contributed by atoms with Crippen LogP contribution in [-0.2, 0) is 0 Å². The third-order valence-corrected chi connectivity index (χ3v) is 3.95. The summed E-state index contributed by atoms with van der Waals surface area (Å²) in [6.45, 7) is 6.03. The van der Waals surface area contributed by atoms with Crippen LogP contribution in [0.25, 0.3) is 0 Å². The van der Waals surface area contributed by atoms with Gasteiger partial charge in [-0.15, -0.1) is 11.8 Å². The molecular weight excluding hydrogens is 228 g/mol. The first kappa shape index (κ1) is 14.1. The number of hydrogen-bond acceptors (Lipinski definition) is 3. The van der Waals surface area contributed by atoms with Crippen molar-refractivity contribution in [1.82, 2.24) is 0 Å². The van der Waals surface area contributed by atoms with Gasteiger partial charge in [0, 0.05) is 4.90 Å². The van der Waals surface area contributed by atoms with E-state index in [0.29, 0.717) is 0 Å². The van der Waals surface area contributed by atoms with E-state index in [4.69, 9.17) is 11.0 Å². The third kappa shape index (κ3) is 4.80. The maximum absolute atomic E-state index is 8.80. The minimum Gasteiger partial charge on any atom is -0.314 e. The van der Waals surface area contributed by atoms with E-state index in [2.05, 4.69) is 38.1 Å². The van der Waals surface area contributed by atoms with Gasteiger partial charge in [0.15, 0.2) is 0 Å². The van der Waals surface area contributed by atoms with Crippen LogP contribution in [0.15, 0.2) is 23.1 Å². The zero-order chi connectivity index (χ0) is 12.9. The Bertz CT molecular complexity index is 419. The Kier molecular flexibility index (Phi) is 5.04. The first-order valence-electron chi connectivity index (χ1n) is 5.85. The topological polar surface area (TPSA) is 49.8 Å². The summed E-state index contributed by atoms with van der Waals surface area (Å²) in [6, 6.07) is 8.63. The quantitative estimate of drug-likeness (QED) is 0.641. The number of hydrogen-bond donors (Lipinski definition) is 1. The van der Waals surface area contributed by atoms with E-state index in [1.165, 1.54) is 16.0 Å². The molecule has 17 heavy (non-hydrogen) atoms. The lowest BCUT2D eigenvalue weighted by atomic mass is 10.0. The van der Waals surface area contributed by atoms with Crippen molar-refractivity contribution in [3.8, 4) is 6.07 Å². The second kappa shape index (κ2) is 6.09. The van der Waals surface area contributed by atoms with Crippen LogP contribution in [-0.4, -0.2) is 11.3 Å². The molecule has 1 rings (SSSR count). The van der Waals surface area contributed by atoms with Crippen LogP contribution in [0.5, 0.6) is 0 Å². The molecule has 1 atom stereocenters. The van der Waals surface area contributed by atoms with E-state index < -0.39 is 5.54 Å². The molecule has 0 bridgehead atoms. The predicted molar refractivity (Wildman–Crippen MR) is 74.1 cm³/mol. The molecule has 0 aliphatic rings. The summed E-state index contributed by atoms with van der Waals surface area (Å²) in [5.41, 5.74) is 7.72. The zero-order valence-corrected chi connectivity index (χ0v) is 11.6. The lowest BCUT2D eigenvalue weighted by Crippen LogP contribution is -2.33. The van der Waals surface area contributed by atoms with Crippen LogP contribution >= 0.6 is 11.8 Å². The Morgan fingerprint density at radius 1 is 1.41 bits per heavy atom. The number of rotatable bonds is 5. The number of nitrogens with zero attached hydrogens (tertiary/aromatic N) is 1. The van der Waals surface area contributed by atoms with Crippen LogP contribution in [0.2, 0.25) is 0 Å². The highest BCUT2D eigenvalue weighted by molar-refractivity contribution is 7.99. The zero-order valence-electron chi connectivity index (χ0n) is 10.8. The summed E-state index contributed by atoms with van der Waals surface area (Å²) in [5.74, 6) is 1.01. The van der Waals surface area contributed by atoms with Gasteiger partial charge in [-0.2, -0.15) is 5.26 Å². The molecule has 0 aromatic heterocycles. The SMILES string of the molecule is Cc1ccc(SCCCC(C)(N)C#N)c(C)c1. The molecule has 0 amide bonds. The van der Waals surface area contributed by atoms with Gasteiger partial charge < -0.3 is 5.73 Å². The van der Waals surface area contributed by atoms with Gasteiger partial charge in [0.2, 0.25) is 0 Å². The van der Waals surface area contributed by atoms with Crippen molar-refractivity contribution in [3.05, 3.63) is 29.3 Å². The molecule has 1 aromatic rings. The summed E-state index contributed by atoms with van der Waals surface area (Å²) in [5, 5.41) is 8.80. The van der Waals surface area contributed by atoms with Gasteiger partial charge in [0.1, 0.15) is 5.54 Å². The average Bonchev–Trinajstić information content (AvgIpc) is 2.27. The molecule has 0 saturated heterocycles. The molecule has 0 saturated carbocycles. The smallest absolute Gasteiger partial charge is 0.101 e. The van der Waals surface area contributed by atoms with E-state index in [9.17, 15) is 0 Å². The molecule has 0 spiro atoms. The normalized spacial score (nSPS) is 14.1. The maximum atomic E-state index is 8.80. The Morgan fingerprint density at radius 2 is 2.12 bits per heavy atom. The van der Waals surface area contributed by atoms with Gasteiger partial charge in [0.05, 0.1) is 6.07 Å². The maximum Gasteiger partial charge on any atom is 0.101 e. The molecule has 0 aliphatic carbocycles. The van der Waals surface area contributed by atoms with Gasteiger partial charge in [-0.25, -0.2) is 0 Å². The number of thioether (sulfide) groups is 1. The van der Waals surface area contributed by atoms with E-state index in [1.807, 2.05) is 11.8 Å². The van der Waals surface area contributed by atoms with Gasteiger partial charge in [-0.3, -0.25) is 0 Å². The molecular formula is C14H20N2S. The Balaban J connectivity index is 2.39. The highest BCUT2D eigenvalue weighted by Gasteiger charge is 2.15. The van der Waals surface area contributed by atoms with Gasteiger partial charge in [-0.05, 0) is 51.0 Å². The van der Waals surface area contributed by atoms with Crippen LogP contribution < -0.4 is 5.73 Å². The summed E-state index contributed by atoms with van der Waals surface area (Å²) in [4.78, 5) is 1.33. The standard InChI is InChI=1S/C14H20N2S/c1-11-5-6-13(12(2)9-11)17-8-4-7-14(3,16)10-15/h5-6,9H,4,7-8,16H2,1-3H3. The largest absolute Gasteiger partial charge is 0.314 e. The summed E-state index contributed by atoms with van der Waals surface area (Å²) < 4.78 is 0. The minimum absolute atomic E-state index is 0.678. The monoisotopic (exact) mass is 248 g/mol. The number of aryl methyl sites for hydroxylation is 2. The number of nitrogens with two attached hydrogens (primary N) is 1. The molecule has 0 radical (unpaired) electrons. The first-order chi connectivity index (χ1) is 7.94. The van der Waals surface area contributed by atoms with Crippen LogP contribution in [0.1, 0.15) is 30.9 Å².